The third kappa shape index (κ3) is 1.75. The highest BCUT2D eigenvalue weighted by atomic mass is 16.5. The maximum Gasteiger partial charge on any atom is 0.339 e. The zero-order chi connectivity index (χ0) is 18.0. The van der Waals surface area contributed by atoms with Crippen molar-refractivity contribution in [2.24, 2.45) is 0 Å². The average Bonchev–Trinajstić information content (AvgIpc) is 2.72. The van der Waals surface area contributed by atoms with Gasteiger partial charge in [0.15, 0.2) is 11.6 Å². The van der Waals surface area contributed by atoms with Gasteiger partial charge in [0, 0.05) is 6.08 Å². The molecule has 1 aromatic carbocycles. The van der Waals surface area contributed by atoms with Crippen molar-refractivity contribution < 1.29 is 34.4 Å². The zero-order valence-electron chi connectivity index (χ0n) is 13.1. The highest BCUT2D eigenvalue weighted by Crippen LogP contribution is 2.55. The lowest BCUT2D eigenvalue weighted by Crippen LogP contribution is -2.38. The average molecular weight is 330 g/mol. The fraction of sp³-hybridized carbons (Fsp3) is 0.235. The molecule has 1 heterocycles. The predicted molar refractivity (Wildman–Crippen MR) is 81.2 cm³/mol. The van der Waals surface area contributed by atoms with Crippen molar-refractivity contribution in [1.82, 2.24) is 0 Å². The van der Waals surface area contributed by atoms with Gasteiger partial charge in [0.25, 0.3) is 0 Å². The number of fused-ring (bicyclic) bond motifs is 3. The molecule has 0 fully saturated rings. The molecule has 1 unspecified atom stereocenters. The van der Waals surface area contributed by atoms with Gasteiger partial charge in [-0.05, 0) is 32.4 Å². The van der Waals surface area contributed by atoms with Crippen LogP contribution < -0.4 is 4.74 Å². The van der Waals surface area contributed by atoms with Gasteiger partial charge in [-0.25, -0.2) is 4.79 Å². The van der Waals surface area contributed by atoms with E-state index in [4.69, 9.17) is 4.74 Å². The first-order valence-electron chi connectivity index (χ1n) is 7.10. The third-order valence-electron chi connectivity index (χ3n) is 4.43. The Kier molecular flexibility index (Phi) is 3.09. The largest absolute Gasteiger partial charge is 0.507 e. The Balaban J connectivity index is 2.37. The molecule has 0 radical (unpaired) electrons. The minimum atomic E-state index is -1.58. The molecule has 1 aromatic rings. The molecule has 0 bridgehead atoms. The van der Waals surface area contributed by atoms with Crippen LogP contribution in [0.15, 0.2) is 29.2 Å². The molecule has 1 aliphatic heterocycles. The molecule has 1 aliphatic carbocycles. The summed E-state index contributed by atoms with van der Waals surface area (Å²) in [6.07, 6.45) is 1.11. The van der Waals surface area contributed by atoms with Gasteiger partial charge in [-0.15, -0.1) is 0 Å². The number of hydrogen-bond acceptors (Lipinski definition) is 6. The summed E-state index contributed by atoms with van der Waals surface area (Å²) in [7, 11) is 0. The first-order chi connectivity index (χ1) is 11.1. The van der Waals surface area contributed by atoms with Gasteiger partial charge in [-0.1, -0.05) is 0 Å². The minimum Gasteiger partial charge on any atom is -0.507 e. The van der Waals surface area contributed by atoms with E-state index in [1.54, 1.807) is 0 Å². The summed E-state index contributed by atoms with van der Waals surface area (Å²) in [4.78, 5) is 36.1. The highest BCUT2D eigenvalue weighted by molar-refractivity contribution is 6.25. The van der Waals surface area contributed by atoms with Crippen molar-refractivity contribution in [3.63, 3.8) is 0 Å². The SMILES string of the molecule is CC(=O)C1=C(O)C=C2Oc3c(C(=O)O)c(C)cc(O)c3C2(C)C1=O. The van der Waals surface area contributed by atoms with Gasteiger partial charge >= 0.3 is 5.97 Å². The summed E-state index contributed by atoms with van der Waals surface area (Å²) >= 11 is 0. The van der Waals surface area contributed by atoms with Crippen molar-refractivity contribution in [2.75, 3.05) is 0 Å². The van der Waals surface area contributed by atoms with Crippen molar-refractivity contribution in [1.29, 1.82) is 0 Å². The fourth-order valence-corrected chi connectivity index (χ4v) is 3.26. The Hall–Kier alpha value is -3.09. The topological polar surface area (TPSA) is 121 Å². The smallest absolute Gasteiger partial charge is 0.339 e. The van der Waals surface area contributed by atoms with E-state index in [-0.39, 0.29) is 33.9 Å². The highest BCUT2D eigenvalue weighted by Gasteiger charge is 2.55. The molecule has 7 nitrogen and oxygen atoms in total. The second-order valence-corrected chi connectivity index (χ2v) is 5.98. The Morgan fingerprint density at radius 2 is 1.88 bits per heavy atom. The number of carboxylic acid groups (broad SMARTS) is 1. The number of Topliss-reactive ketones (excluding diaryl/α,β-unsaturated/α-hetero) is 2. The Morgan fingerprint density at radius 1 is 1.25 bits per heavy atom. The fourth-order valence-electron chi connectivity index (χ4n) is 3.26. The summed E-state index contributed by atoms with van der Waals surface area (Å²) in [5, 5.41) is 29.7. The first kappa shape index (κ1) is 15.8. The molecule has 3 N–H and O–H groups in total. The van der Waals surface area contributed by atoms with Crippen LogP contribution in [0.1, 0.15) is 35.3 Å². The van der Waals surface area contributed by atoms with Gasteiger partial charge < -0.3 is 20.1 Å². The molecule has 1 atom stereocenters. The molecular formula is C17H14O7. The van der Waals surface area contributed by atoms with Crippen LogP contribution in [0.3, 0.4) is 0 Å². The standard InChI is InChI=1S/C17H14O7/c1-6-4-9(20)13-14(11(6)16(22)23)24-10-5-8(19)12(7(2)18)15(21)17(10,13)3/h4-5,19-20H,1-3H3,(H,22,23). The van der Waals surface area contributed by atoms with Crippen LogP contribution in [-0.2, 0) is 15.0 Å². The van der Waals surface area contributed by atoms with E-state index in [0.717, 1.165) is 13.0 Å². The summed E-state index contributed by atoms with van der Waals surface area (Å²) in [6, 6.07) is 1.23. The molecular weight excluding hydrogens is 316 g/mol. The van der Waals surface area contributed by atoms with E-state index in [0.29, 0.717) is 0 Å². The lowest BCUT2D eigenvalue weighted by atomic mass is 9.71. The van der Waals surface area contributed by atoms with Crippen LogP contribution in [0, 0.1) is 6.92 Å². The maximum absolute atomic E-state index is 12.8. The number of ketones is 2. The van der Waals surface area contributed by atoms with E-state index in [1.807, 2.05) is 0 Å². The summed E-state index contributed by atoms with van der Waals surface area (Å²) in [5.74, 6) is -3.69. The molecule has 3 rings (SSSR count). The summed E-state index contributed by atoms with van der Waals surface area (Å²) < 4.78 is 5.53. The van der Waals surface area contributed by atoms with E-state index in [1.165, 1.54) is 19.9 Å². The molecule has 24 heavy (non-hydrogen) atoms. The molecule has 0 aromatic heterocycles. The van der Waals surface area contributed by atoms with Crippen molar-refractivity contribution in [2.45, 2.75) is 26.2 Å². The quantitative estimate of drug-likeness (QED) is 0.708. The van der Waals surface area contributed by atoms with Crippen molar-refractivity contribution in [3.05, 3.63) is 45.9 Å². The maximum atomic E-state index is 12.8. The molecule has 124 valence electrons. The van der Waals surface area contributed by atoms with E-state index in [9.17, 15) is 29.7 Å². The molecule has 0 amide bonds. The molecule has 7 heteroatoms. The van der Waals surface area contributed by atoms with Crippen LogP contribution in [0.5, 0.6) is 11.5 Å². The van der Waals surface area contributed by atoms with E-state index >= 15 is 0 Å². The Bertz CT molecular complexity index is 904. The number of phenols is 1. The lowest BCUT2D eigenvalue weighted by Gasteiger charge is -2.27. The molecule has 0 spiro atoms. The number of aryl methyl sites for hydroxylation is 1. The predicted octanol–water partition coefficient (Wildman–Crippen LogP) is 1.92. The van der Waals surface area contributed by atoms with Crippen molar-refractivity contribution >= 4 is 17.5 Å². The van der Waals surface area contributed by atoms with E-state index in [2.05, 4.69) is 0 Å². The summed E-state index contributed by atoms with van der Waals surface area (Å²) in [6.45, 7) is 4.05. The number of aliphatic hydroxyl groups is 1. The zero-order valence-corrected chi connectivity index (χ0v) is 13.1. The number of rotatable bonds is 2. The van der Waals surface area contributed by atoms with Crippen molar-refractivity contribution in [3.8, 4) is 11.5 Å². The van der Waals surface area contributed by atoms with Crippen LogP contribution >= 0.6 is 0 Å². The number of carboxylic acids is 1. The number of benzene rings is 1. The normalized spacial score (nSPS) is 21.8. The first-order valence-corrected chi connectivity index (χ1v) is 7.10. The monoisotopic (exact) mass is 330 g/mol. The Morgan fingerprint density at radius 3 is 2.42 bits per heavy atom. The van der Waals surface area contributed by atoms with Crippen LogP contribution in [0.25, 0.3) is 0 Å². The molecule has 0 saturated heterocycles. The van der Waals surface area contributed by atoms with Gasteiger partial charge in [-0.3, -0.25) is 9.59 Å². The number of ether oxygens (including phenoxy) is 1. The number of carbonyl (C=O) groups is 3. The van der Waals surface area contributed by atoms with Gasteiger partial charge in [0.1, 0.15) is 39.6 Å². The summed E-state index contributed by atoms with van der Waals surface area (Å²) in [5.41, 5.74) is -1.93. The van der Waals surface area contributed by atoms with Gasteiger partial charge in [-0.2, -0.15) is 0 Å². The lowest BCUT2D eigenvalue weighted by molar-refractivity contribution is -0.123. The number of carbonyl (C=O) groups excluding carboxylic acids is 2. The third-order valence-corrected chi connectivity index (χ3v) is 4.43. The molecule has 2 aliphatic rings. The van der Waals surface area contributed by atoms with E-state index < -0.39 is 34.3 Å². The number of hydrogen-bond donors (Lipinski definition) is 3. The number of aromatic hydroxyl groups is 1. The number of aromatic carboxylic acids is 1. The minimum absolute atomic E-state index is 0.0204. The van der Waals surface area contributed by atoms with Gasteiger partial charge in [0.05, 0.1) is 5.56 Å². The van der Waals surface area contributed by atoms with Crippen LogP contribution in [0.2, 0.25) is 0 Å². The number of aliphatic hydroxyl groups excluding tert-OH is 1. The van der Waals surface area contributed by atoms with Crippen LogP contribution in [0.4, 0.5) is 0 Å². The second-order valence-electron chi connectivity index (χ2n) is 5.98. The van der Waals surface area contributed by atoms with Gasteiger partial charge in [0.2, 0.25) is 0 Å². The second kappa shape index (κ2) is 4.70. The number of allylic oxidation sites excluding steroid dienone is 3. The molecule has 0 saturated carbocycles. The Labute approximate surface area is 136 Å². The van der Waals surface area contributed by atoms with Crippen LogP contribution in [-0.4, -0.2) is 32.9 Å². The number of phenolic OH excluding ortho intramolecular Hbond substituents is 1.